The number of hydrogen-bond donors (Lipinski definition) is 0. The molecule has 2 aromatic rings. The number of benzene rings is 1. The highest BCUT2D eigenvalue weighted by Crippen LogP contribution is 2.37. The lowest BCUT2D eigenvalue weighted by Gasteiger charge is -2.21. The van der Waals surface area contributed by atoms with E-state index in [0.717, 1.165) is 62.2 Å². The van der Waals surface area contributed by atoms with Gasteiger partial charge in [0, 0.05) is 51.0 Å². The van der Waals surface area contributed by atoms with Gasteiger partial charge in [-0.15, -0.1) is 0 Å². The van der Waals surface area contributed by atoms with Crippen LogP contribution in [0.2, 0.25) is 0 Å². The topological polar surface area (TPSA) is 58.4 Å². The van der Waals surface area contributed by atoms with E-state index in [-0.39, 0.29) is 17.7 Å². The van der Waals surface area contributed by atoms with Crippen LogP contribution >= 0.6 is 0 Å². The van der Waals surface area contributed by atoms with Gasteiger partial charge in [0.15, 0.2) is 0 Å². The Morgan fingerprint density at radius 3 is 2.59 bits per heavy atom. The van der Waals surface area contributed by atoms with Crippen LogP contribution < -0.4 is 0 Å². The molecule has 2 amide bonds. The van der Waals surface area contributed by atoms with Crippen molar-refractivity contribution in [1.82, 2.24) is 19.4 Å². The molecule has 154 valence electrons. The van der Waals surface area contributed by atoms with E-state index in [1.165, 1.54) is 12.8 Å². The molecule has 3 fully saturated rings. The average molecular weight is 395 g/mol. The zero-order valence-corrected chi connectivity index (χ0v) is 17.1. The molecule has 5 rings (SSSR count). The molecule has 1 saturated carbocycles. The van der Waals surface area contributed by atoms with Crippen LogP contribution in [0, 0.1) is 0 Å². The molecule has 6 heteroatoms. The highest BCUT2D eigenvalue weighted by molar-refractivity contribution is 5.81. The number of amides is 2. The molecule has 3 aliphatic rings. The van der Waals surface area contributed by atoms with E-state index in [4.69, 9.17) is 4.98 Å². The van der Waals surface area contributed by atoms with Crippen LogP contribution in [-0.2, 0) is 16.1 Å². The number of imidazole rings is 1. The van der Waals surface area contributed by atoms with Crippen LogP contribution in [-0.4, -0.2) is 56.8 Å². The summed E-state index contributed by atoms with van der Waals surface area (Å²) in [5.74, 6) is 1.62. The molecular formula is C23H30N4O2. The van der Waals surface area contributed by atoms with Crippen molar-refractivity contribution in [2.24, 2.45) is 0 Å². The average Bonchev–Trinajstić information content (AvgIpc) is 3.47. The Kier molecular flexibility index (Phi) is 5.02. The fraction of sp³-hybridized carbons (Fsp3) is 0.609. The van der Waals surface area contributed by atoms with Crippen molar-refractivity contribution < 1.29 is 9.59 Å². The fourth-order valence-corrected chi connectivity index (χ4v) is 4.97. The number of carbonyl (C=O) groups excluding carboxylic acids is 2. The van der Waals surface area contributed by atoms with Gasteiger partial charge in [-0.1, -0.05) is 25.0 Å². The number of fused-ring (bicyclic) bond motifs is 1. The summed E-state index contributed by atoms with van der Waals surface area (Å²) in [6.45, 7) is 3.19. The van der Waals surface area contributed by atoms with Crippen LogP contribution in [0.15, 0.2) is 24.3 Å². The second kappa shape index (κ2) is 7.81. The number of carbonyl (C=O) groups is 2. The highest BCUT2D eigenvalue weighted by Gasteiger charge is 2.41. The van der Waals surface area contributed by atoms with Crippen LogP contribution in [0.3, 0.4) is 0 Å². The van der Waals surface area contributed by atoms with Gasteiger partial charge in [-0.2, -0.15) is 0 Å². The first-order valence-corrected chi connectivity index (χ1v) is 11.2. The van der Waals surface area contributed by atoms with Crippen molar-refractivity contribution in [3.8, 4) is 0 Å². The zero-order valence-electron chi connectivity index (χ0n) is 17.1. The highest BCUT2D eigenvalue weighted by atomic mass is 16.2. The predicted octanol–water partition coefficient (Wildman–Crippen LogP) is 3.31. The second-order valence-corrected chi connectivity index (χ2v) is 8.83. The van der Waals surface area contributed by atoms with Crippen LogP contribution in [0.1, 0.15) is 63.1 Å². The Morgan fingerprint density at radius 2 is 1.83 bits per heavy atom. The summed E-state index contributed by atoms with van der Waals surface area (Å²) < 4.78 is 2.21. The Hall–Kier alpha value is -2.37. The normalized spacial score (nSPS) is 23.0. The number of para-hydroxylation sites is 2. The smallest absolute Gasteiger partial charge is 0.224 e. The largest absolute Gasteiger partial charge is 0.343 e. The number of aryl methyl sites for hydroxylation is 1. The van der Waals surface area contributed by atoms with Crippen molar-refractivity contribution in [2.75, 3.05) is 19.6 Å². The van der Waals surface area contributed by atoms with Crippen molar-refractivity contribution in [3.63, 3.8) is 0 Å². The number of hydrogen-bond acceptors (Lipinski definition) is 3. The number of rotatable bonds is 5. The van der Waals surface area contributed by atoms with E-state index < -0.39 is 0 Å². The first-order valence-electron chi connectivity index (χ1n) is 11.2. The quantitative estimate of drug-likeness (QED) is 0.782. The molecular weight excluding hydrogens is 364 g/mol. The monoisotopic (exact) mass is 394 g/mol. The van der Waals surface area contributed by atoms with Gasteiger partial charge in [0.1, 0.15) is 5.82 Å². The van der Waals surface area contributed by atoms with Crippen molar-refractivity contribution in [1.29, 1.82) is 0 Å². The lowest BCUT2D eigenvalue weighted by molar-refractivity contribution is -0.131. The van der Waals surface area contributed by atoms with E-state index in [0.29, 0.717) is 25.4 Å². The Labute approximate surface area is 171 Å². The first kappa shape index (κ1) is 18.6. The molecule has 1 atom stereocenters. The third-order valence-electron chi connectivity index (χ3n) is 6.70. The Morgan fingerprint density at radius 1 is 1.07 bits per heavy atom. The molecule has 1 aliphatic carbocycles. The molecule has 1 aromatic carbocycles. The molecule has 0 spiro atoms. The summed E-state index contributed by atoms with van der Waals surface area (Å²) in [6.07, 6.45) is 8.01. The summed E-state index contributed by atoms with van der Waals surface area (Å²) in [6, 6.07) is 8.59. The van der Waals surface area contributed by atoms with Gasteiger partial charge in [-0.25, -0.2) is 4.98 Å². The summed E-state index contributed by atoms with van der Waals surface area (Å²) in [5, 5.41) is 0. The lowest BCUT2D eigenvalue weighted by Crippen LogP contribution is -2.32. The van der Waals surface area contributed by atoms with E-state index >= 15 is 0 Å². The van der Waals surface area contributed by atoms with Crippen molar-refractivity contribution in [3.05, 3.63) is 30.1 Å². The molecule has 3 heterocycles. The molecule has 6 nitrogen and oxygen atoms in total. The van der Waals surface area contributed by atoms with Crippen LogP contribution in [0.5, 0.6) is 0 Å². The second-order valence-electron chi connectivity index (χ2n) is 8.83. The molecule has 0 radical (unpaired) electrons. The first-order chi connectivity index (χ1) is 14.2. The van der Waals surface area contributed by atoms with E-state index in [1.807, 2.05) is 23.1 Å². The fourth-order valence-electron chi connectivity index (χ4n) is 4.97. The molecule has 0 N–H and O–H groups in total. The summed E-state index contributed by atoms with van der Waals surface area (Å²) in [7, 11) is 0. The molecule has 2 aliphatic heterocycles. The Balaban J connectivity index is 1.37. The van der Waals surface area contributed by atoms with E-state index in [2.05, 4.69) is 15.5 Å². The third kappa shape index (κ3) is 3.77. The van der Waals surface area contributed by atoms with Gasteiger partial charge in [-0.05, 0) is 37.8 Å². The standard InChI is InChI=1S/C23H30N4O2/c28-21(25-12-5-1-2-6-13-25)11-14-26-20-8-4-3-7-19(20)24-23(26)17-15-22(29)27(16-17)18-9-10-18/h3-4,7-8,17-18H,1-2,5-6,9-16H2. The van der Waals surface area contributed by atoms with E-state index in [1.54, 1.807) is 0 Å². The molecule has 1 unspecified atom stereocenters. The minimum absolute atomic E-state index is 0.129. The maximum absolute atomic E-state index is 12.8. The minimum atomic E-state index is 0.129. The predicted molar refractivity (Wildman–Crippen MR) is 111 cm³/mol. The van der Waals surface area contributed by atoms with Crippen molar-refractivity contribution in [2.45, 2.75) is 69.9 Å². The molecule has 29 heavy (non-hydrogen) atoms. The number of likely N-dealkylation sites (tertiary alicyclic amines) is 2. The summed E-state index contributed by atoms with van der Waals surface area (Å²) in [4.78, 5) is 34.3. The maximum atomic E-state index is 12.8. The van der Waals surface area contributed by atoms with Crippen molar-refractivity contribution >= 4 is 22.8 Å². The van der Waals surface area contributed by atoms with Gasteiger partial charge >= 0.3 is 0 Å². The Bertz CT molecular complexity index is 909. The summed E-state index contributed by atoms with van der Waals surface area (Å²) in [5.41, 5.74) is 2.03. The van der Waals surface area contributed by atoms with Gasteiger partial charge in [0.05, 0.1) is 11.0 Å². The SMILES string of the molecule is O=C(CCn1c(C2CC(=O)N(C3CC3)C2)nc2ccccc21)N1CCCCCC1. The third-order valence-corrected chi connectivity index (χ3v) is 6.70. The van der Waals surface area contributed by atoms with Gasteiger partial charge in [0.2, 0.25) is 11.8 Å². The molecule has 1 aromatic heterocycles. The van der Waals surface area contributed by atoms with E-state index in [9.17, 15) is 9.59 Å². The molecule has 0 bridgehead atoms. The minimum Gasteiger partial charge on any atom is -0.343 e. The lowest BCUT2D eigenvalue weighted by atomic mass is 10.1. The number of nitrogens with zero attached hydrogens (tertiary/aromatic N) is 4. The zero-order chi connectivity index (χ0) is 19.8. The van der Waals surface area contributed by atoms with Gasteiger partial charge < -0.3 is 14.4 Å². The van der Waals surface area contributed by atoms with Gasteiger partial charge in [-0.3, -0.25) is 9.59 Å². The molecule has 2 saturated heterocycles. The number of aromatic nitrogens is 2. The van der Waals surface area contributed by atoms with Crippen LogP contribution in [0.25, 0.3) is 11.0 Å². The van der Waals surface area contributed by atoms with Crippen LogP contribution in [0.4, 0.5) is 0 Å². The van der Waals surface area contributed by atoms with Gasteiger partial charge in [0.25, 0.3) is 0 Å². The maximum Gasteiger partial charge on any atom is 0.224 e. The summed E-state index contributed by atoms with van der Waals surface area (Å²) >= 11 is 0.